The predicted octanol–water partition coefficient (Wildman–Crippen LogP) is 2.40. The lowest BCUT2D eigenvalue weighted by molar-refractivity contribution is -0.119. The van der Waals surface area contributed by atoms with Crippen LogP contribution in [-0.4, -0.2) is 37.3 Å². The number of amides is 1. The largest absolute Gasteiger partial charge is 0.378 e. The fourth-order valence-corrected chi connectivity index (χ4v) is 2.61. The van der Waals surface area contributed by atoms with Crippen molar-refractivity contribution in [1.82, 2.24) is 5.32 Å². The number of rotatable bonds is 3. The van der Waals surface area contributed by atoms with Gasteiger partial charge in [-0.3, -0.25) is 4.79 Å². The number of hydrogen-bond acceptors (Lipinski definition) is 4. The molecule has 2 N–H and O–H groups in total. The smallest absolute Gasteiger partial charge is 0.225 e. The van der Waals surface area contributed by atoms with Gasteiger partial charge in [-0.05, 0) is 24.4 Å². The molecule has 1 aliphatic heterocycles. The minimum atomic E-state index is -0.123. The van der Waals surface area contributed by atoms with Gasteiger partial charge in [0.05, 0.1) is 29.6 Å². The Labute approximate surface area is 134 Å². The number of carbonyl (C=O) groups is 1. The SMILES string of the molecule is CCC(=O)NC(=S)Nc1cccc(Cl)c1N1CCOCC1. The second-order valence-corrected chi connectivity index (χ2v) is 5.41. The van der Waals surface area contributed by atoms with E-state index in [9.17, 15) is 4.79 Å². The highest BCUT2D eigenvalue weighted by Gasteiger charge is 2.18. The number of para-hydroxylation sites is 1. The molecule has 1 fully saturated rings. The van der Waals surface area contributed by atoms with Crippen molar-refractivity contribution in [2.45, 2.75) is 13.3 Å². The van der Waals surface area contributed by atoms with Crippen LogP contribution in [0.2, 0.25) is 5.02 Å². The standard InChI is InChI=1S/C14H18ClN3O2S/c1-2-12(19)17-14(21)16-11-5-3-4-10(15)13(11)18-6-8-20-9-7-18/h3-5H,2,6-9H2,1H3,(H2,16,17,19,21). The second kappa shape index (κ2) is 7.59. The third-order valence-corrected chi connectivity index (χ3v) is 3.65. The molecule has 2 rings (SSSR count). The topological polar surface area (TPSA) is 53.6 Å². The van der Waals surface area contributed by atoms with Gasteiger partial charge in [-0.2, -0.15) is 0 Å². The summed E-state index contributed by atoms with van der Waals surface area (Å²) in [4.78, 5) is 13.5. The molecule has 1 amide bonds. The van der Waals surface area contributed by atoms with Crippen LogP contribution in [0.15, 0.2) is 18.2 Å². The second-order valence-electron chi connectivity index (χ2n) is 4.59. The molecule has 0 spiro atoms. The van der Waals surface area contributed by atoms with Gasteiger partial charge in [-0.1, -0.05) is 24.6 Å². The highest BCUT2D eigenvalue weighted by atomic mass is 35.5. The predicted molar refractivity (Wildman–Crippen MR) is 89.1 cm³/mol. The molecule has 21 heavy (non-hydrogen) atoms. The lowest BCUT2D eigenvalue weighted by Crippen LogP contribution is -2.38. The van der Waals surface area contributed by atoms with E-state index in [0.717, 1.165) is 24.5 Å². The van der Waals surface area contributed by atoms with Crippen molar-refractivity contribution in [1.29, 1.82) is 0 Å². The molecule has 0 aliphatic carbocycles. The summed E-state index contributed by atoms with van der Waals surface area (Å²) in [5.74, 6) is -0.123. The van der Waals surface area contributed by atoms with Crippen molar-refractivity contribution in [3.05, 3.63) is 23.2 Å². The molecule has 0 aromatic heterocycles. The minimum Gasteiger partial charge on any atom is -0.378 e. The maximum absolute atomic E-state index is 11.4. The Kier molecular flexibility index (Phi) is 5.78. The zero-order chi connectivity index (χ0) is 15.2. The number of halogens is 1. The number of anilines is 2. The molecule has 0 saturated carbocycles. The van der Waals surface area contributed by atoms with Gasteiger partial charge in [0.15, 0.2) is 5.11 Å². The third kappa shape index (κ3) is 4.30. The average Bonchev–Trinajstić information content (AvgIpc) is 2.48. The van der Waals surface area contributed by atoms with Crippen molar-refractivity contribution in [3.8, 4) is 0 Å². The monoisotopic (exact) mass is 327 g/mol. The molecular formula is C14H18ClN3O2S. The van der Waals surface area contributed by atoms with Crippen LogP contribution in [0.4, 0.5) is 11.4 Å². The molecule has 0 atom stereocenters. The van der Waals surface area contributed by atoms with Gasteiger partial charge in [0, 0.05) is 19.5 Å². The Morgan fingerprint density at radius 1 is 1.43 bits per heavy atom. The van der Waals surface area contributed by atoms with E-state index in [1.54, 1.807) is 6.92 Å². The summed E-state index contributed by atoms with van der Waals surface area (Å²) in [6, 6.07) is 5.57. The summed E-state index contributed by atoms with van der Waals surface area (Å²) in [5.41, 5.74) is 1.67. The maximum Gasteiger partial charge on any atom is 0.225 e. The fraction of sp³-hybridized carbons (Fsp3) is 0.429. The molecule has 1 aromatic rings. The van der Waals surface area contributed by atoms with E-state index >= 15 is 0 Å². The van der Waals surface area contributed by atoms with E-state index < -0.39 is 0 Å². The van der Waals surface area contributed by atoms with E-state index in [1.807, 2.05) is 18.2 Å². The van der Waals surface area contributed by atoms with Crippen LogP contribution in [0, 0.1) is 0 Å². The quantitative estimate of drug-likeness (QED) is 0.835. The van der Waals surface area contributed by atoms with E-state index in [2.05, 4.69) is 15.5 Å². The third-order valence-electron chi connectivity index (χ3n) is 3.14. The molecule has 1 saturated heterocycles. The van der Waals surface area contributed by atoms with Gasteiger partial charge >= 0.3 is 0 Å². The summed E-state index contributed by atoms with van der Waals surface area (Å²) >= 11 is 11.5. The first kappa shape index (κ1) is 16.0. The van der Waals surface area contributed by atoms with Gasteiger partial charge in [0.1, 0.15) is 0 Å². The van der Waals surface area contributed by atoms with E-state index in [4.69, 9.17) is 28.6 Å². The molecule has 0 radical (unpaired) electrons. The molecular weight excluding hydrogens is 310 g/mol. The fourth-order valence-electron chi connectivity index (χ4n) is 2.09. The molecule has 0 unspecified atom stereocenters. The number of benzene rings is 1. The Morgan fingerprint density at radius 2 is 2.14 bits per heavy atom. The number of nitrogens with one attached hydrogen (secondary N) is 2. The van der Waals surface area contributed by atoms with Crippen molar-refractivity contribution in [2.75, 3.05) is 36.5 Å². The van der Waals surface area contributed by atoms with Crippen molar-refractivity contribution in [3.63, 3.8) is 0 Å². The number of nitrogens with zero attached hydrogens (tertiary/aromatic N) is 1. The van der Waals surface area contributed by atoms with Gasteiger partial charge in [-0.25, -0.2) is 0 Å². The van der Waals surface area contributed by atoms with Crippen molar-refractivity contribution in [2.24, 2.45) is 0 Å². The highest BCUT2D eigenvalue weighted by molar-refractivity contribution is 7.80. The Bertz CT molecular complexity index is 533. The van der Waals surface area contributed by atoms with Gasteiger partial charge < -0.3 is 20.3 Å². The van der Waals surface area contributed by atoms with Crippen LogP contribution in [0.5, 0.6) is 0 Å². The Hall–Kier alpha value is -1.37. The lowest BCUT2D eigenvalue weighted by Gasteiger charge is -2.31. The molecule has 1 aliphatic rings. The van der Waals surface area contributed by atoms with Crippen LogP contribution >= 0.6 is 23.8 Å². The van der Waals surface area contributed by atoms with Crippen LogP contribution in [0.25, 0.3) is 0 Å². The maximum atomic E-state index is 11.4. The van der Waals surface area contributed by atoms with Crippen LogP contribution < -0.4 is 15.5 Å². The highest BCUT2D eigenvalue weighted by Crippen LogP contribution is 2.34. The molecule has 1 heterocycles. The number of thiocarbonyl (C=S) groups is 1. The number of ether oxygens (including phenoxy) is 1. The number of morpholine rings is 1. The van der Waals surface area contributed by atoms with Crippen LogP contribution in [0.3, 0.4) is 0 Å². The summed E-state index contributed by atoms with van der Waals surface area (Å²) in [7, 11) is 0. The summed E-state index contributed by atoms with van der Waals surface area (Å²) < 4.78 is 5.36. The first-order chi connectivity index (χ1) is 10.1. The Morgan fingerprint density at radius 3 is 2.81 bits per heavy atom. The molecule has 5 nitrogen and oxygen atoms in total. The summed E-state index contributed by atoms with van der Waals surface area (Å²) in [6.45, 7) is 4.65. The van der Waals surface area contributed by atoms with Gasteiger partial charge in [0.2, 0.25) is 5.91 Å². The number of hydrogen-bond donors (Lipinski definition) is 2. The number of carbonyl (C=O) groups excluding carboxylic acids is 1. The minimum absolute atomic E-state index is 0.123. The summed E-state index contributed by atoms with van der Waals surface area (Å²) in [6.07, 6.45) is 0.383. The molecule has 1 aromatic carbocycles. The molecule has 7 heteroatoms. The van der Waals surface area contributed by atoms with Crippen molar-refractivity contribution < 1.29 is 9.53 Å². The van der Waals surface area contributed by atoms with E-state index in [0.29, 0.717) is 24.7 Å². The van der Waals surface area contributed by atoms with Crippen molar-refractivity contribution >= 4 is 46.2 Å². The van der Waals surface area contributed by atoms with Crippen LogP contribution in [-0.2, 0) is 9.53 Å². The van der Waals surface area contributed by atoms with Gasteiger partial charge in [0.25, 0.3) is 0 Å². The summed E-state index contributed by atoms with van der Waals surface area (Å²) in [5, 5.41) is 6.59. The van der Waals surface area contributed by atoms with E-state index in [-0.39, 0.29) is 11.0 Å². The first-order valence-corrected chi connectivity index (χ1v) is 7.62. The first-order valence-electron chi connectivity index (χ1n) is 6.84. The average molecular weight is 328 g/mol. The molecule has 0 bridgehead atoms. The molecule has 114 valence electrons. The zero-order valence-electron chi connectivity index (χ0n) is 11.8. The van der Waals surface area contributed by atoms with E-state index in [1.165, 1.54) is 0 Å². The van der Waals surface area contributed by atoms with Gasteiger partial charge in [-0.15, -0.1) is 0 Å². The lowest BCUT2D eigenvalue weighted by atomic mass is 10.2. The normalized spacial score (nSPS) is 14.7. The van der Waals surface area contributed by atoms with Crippen LogP contribution in [0.1, 0.15) is 13.3 Å². The Balaban J connectivity index is 2.17. The zero-order valence-corrected chi connectivity index (χ0v) is 13.4.